The second kappa shape index (κ2) is 7.95. The van der Waals surface area contributed by atoms with E-state index in [1.807, 2.05) is 18.2 Å². The molecule has 5 N–H and O–H groups in total. The van der Waals surface area contributed by atoms with Crippen molar-refractivity contribution in [3.8, 4) is 0 Å². The molecule has 3 nitrogen and oxygen atoms in total. The lowest BCUT2D eigenvalue weighted by Gasteiger charge is -2.21. The molecule has 0 radical (unpaired) electrons. The van der Waals surface area contributed by atoms with Gasteiger partial charge in [-0.05, 0) is 35.3 Å². The first-order valence-electron chi connectivity index (χ1n) is 8.46. The molecule has 1 aliphatic rings. The van der Waals surface area contributed by atoms with Crippen molar-refractivity contribution in [2.45, 2.75) is 24.9 Å². The van der Waals surface area contributed by atoms with Crippen LogP contribution < -0.4 is 16.8 Å². The van der Waals surface area contributed by atoms with Gasteiger partial charge in [-0.3, -0.25) is 0 Å². The van der Waals surface area contributed by atoms with E-state index in [9.17, 15) is 0 Å². The smallest absolute Gasteiger partial charge is 0.0418 e. The van der Waals surface area contributed by atoms with E-state index >= 15 is 0 Å². The molecule has 0 aromatic heterocycles. The zero-order chi connectivity index (χ0) is 16.8. The van der Waals surface area contributed by atoms with Crippen molar-refractivity contribution in [3.05, 3.63) is 89.5 Å². The van der Waals surface area contributed by atoms with Crippen LogP contribution >= 0.6 is 0 Å². The van der Waals surface area contributed by atoms with Crippen LogP contribution in [0.5, 0.6) is 0 Å². The van der Waals surface area contributed by atoms with E-state index in [0.717, 1.165) is 25.2 Å². The van der Waals surface area contributed by atoms with Crippen LogP contribution in [-0.2, 0) is 6.54 Å². The van der Waals surface area contributed by atoms with Crippen LogP contribution in [0.3, 0.4) is 0 Å². The van der Waals surface area contributed by atoms with Gasteiger partial charge in [0.15, 0.2) is 0 Å². The minimum Gasteiger partial charge on any atom is -0.399 e. The zero-order valence-electron chi connectivity index (χ0n) is 13.9. The summed E-state index contributed by atoms with van der Waals surface area (Å²) in [7, 11) is 0. The van der Waals surface area contributed by atoms with Gasteiger partial charge < -0.3 is 16.8 Å². The van der Waals surface area contributed by atoms with Gasteiger partial charge in [0, 0.05) is 30.7 Å². The third-order valence-corrected chi connectivity index (χ3v) is 4.43. The number of nitrogen functional groups attached to an aromatic ring is 1. The van der Waals surface area contributed by atoms with Crippen molar-refractivity contribution in [2.75, 3.05) is 12.3 Å². The van der Waals surface area contributed by atoms with E-state index in [2.05, 4.69) is 59.9 Å². The maximum absolute atomic E-state index is 6.32. The Morgan fingerprint density at radius 2 is 1.92 bits per heavy atom. The predicted octanol–water partition coefficient (Wildman–Crippen LogP) is 3.36. The van der Waals surface area contributed by atoms with Crippen LogP contribution in [-0.4, -0.2) is 12.6 Å². The summed E-state index contributed by atoms with van der Waals surface area (Å²) in [6.45, 7) is 1.53. The third-order valence-electron chi connectivity index (χ3n) is 4.43. The zero-order valence-corrected chi connectivity index (χ0v) is 13.9. The second-order valence-electron chi connectivity index (χ2n) is 6.30. The first-order chi connectivity index (χ1) is 11.7. The number of benzene rings is 2. The Hall–Kier alpha value is -2.36. The van der Waals surface area contributed by atoms with Gasteiger partial charge in [0.05, 0.1) is 0 Å². The molecule has 0 aliphatic heterocycles. The molecular formula is C21H25N3. The number of hydrogen-bond acceptors (Lipinski definition) is 3. The highest BCUT2D eigenvalue weighted by Crippen LogP contribution is 2.27. The Morgan fingerprint density at radius 3 is 2.62 bits per heavy atom. The van der Waals surface area contributed by atoms with Crippen LogP contribution in [0.2, 0.25) is 0 Å². The van der Waals surface area contributed by atoms with Crippen LogP contribution in [0, 0.1) is 0 Å². The molecule has 3 rings (SSSR count). The molecule has 124 valence electrons. The molecule has 1 aliphatic carbocycles. The standard InChI is InChI=1S/C21H25N3/c22-20-8-4-5-16(13-20)14-24-15-21(23)19-11-9-18(10-12-19)17-6-2-1-3-7-17/h1-9,11-13,18,21,24H,10,14-15,22-23H2. The molecule has 0 saturated heterocycles. The lowest BCUT2D eigenvalue weighted by Crippen LogP contribution is -2.35. The molecule has 0 amide bonds. The van der Waals surface area contributed by atoms with Crippen LogP contribution in [0.25, 0.3) is 0 Å². The van der Waals surface area contributed by atoms with Gasteiger partial charge in [-0.25, -0.2) is 0 Å². The Morgan fingerprint density at radius 1 is 1.08 bits per heavy atom. The van der Waals surface area contributed by atoms with Gasteiger partial charge >= 0.3 is 0 Å². The topological polar surface area (TPSA) is 64.1 Å². The Balaban J connectivity index is 1.49. The summed E-state index contributed by atoms with van der Waals surface area (Å²) in [6, 6.07) is 18.5. The fraction of sp³-hybridized carbons (Fsp3) is 0.238. The summed E-state index contributed by atoms with van der Waals surface area (Å²) in [5.41, 5.74) is 16.7. The van der Waals surface area contributed by atoms with Gasteiger partial charge in [0.2, 0.25) is 0 Å². The summed E-state index contributed by atoms with van der Waals surface area (Å²) in [5.74, 6) is 0.461. The minimum atomic E-state index is 0.0130. The van der Waals surface area contributed by atoms with Gasteiger partial charge in [-0.15, -0.1) is 0 Å². The molecule has 0 spiro atoms. The fourth-order valence-corrected chi connectivity index (χ4v) is 3.05. The van der Waals surface area contributed by atoms with Gasteiger partial charge in [-0.1, -0.05) is 60.7 Å². The van der Waals surface area contributed by atoms with E-state index in [1.54, 1.807) is 0 Å². The van der Waals surface area contributed by atoms with Crippen LogP contribution in [0.1, 0.15) is 23.5 Å². The Labute approximate surface area is 144 Å². The van der Waals surface area contributed by atoms with Crippen molar-refractivity contribution < 1.29 is 0 Å². The highest BCUT2D eigenvalue weighted by atomic mass is 14.9. The molecule has 0 fully saturated rings. The quantitative estimate of drug-likeness (QED) is 0.715. The monoisotopic (exact) mass is 319 g/mol. The second-order valence-corrected chi connectivity index (χ2v) is 6.30. The van der Waals surface area contributed by atoms with E-state index in [4.69, 9.17) is 11.5 Å². The summed E-state index contributed by atoms with van der Waals surface area (Å²) in [4.78, 5) is 0. The Kier molecular flexibility index (Phi) is 5.47. The molecular weight excluding hydrogens is 294 g/mol. The molecule has 24 heavy (non-hydrogen) atoms. The molecule has 2 unspecified atom stereocenters. The Bertz CT molecular complexity index is 719. The van der Waals surface area contributed by atoms with Gasteiger partial charge in [-0.2, -0.15) is 0 Å². The maximum Gasteiger partial charge on any atom is 0.0418 e. The first kappa shape index (κ1) is 16.5. The molecule has 0 bridgehead atoms. The van der Waals surface area contributed by atoms with Crippen LogP contribution in [0.4, 0.5) is 5.69 Å². The van der Waals surface area contributed by atoms with E-state index < -0.39 is 0 Å². The predicted molar refractivity (Wildman–Crippen MR) is 102 cm³/mol. The van der Waals surface area contributed by atoms with E-state index in [1.165, 1.54) is 16.7 Å². The summed E-state index contributed by atoms with van der Waals surface area (Å²) >= 11 is 0. The van der Waals surface area contributed by atoms with Crippen molar-refractivity contribution in [1.82, 2.24) is 5.32 Å². The van der Waals surface area contributed by atoms with Crippen molar-refractivity contribution in [1.29, 1.82) is 0 Å². The molecule has 2 aromatic rings. The number of nitrogens with one attached hydrogen (secondary N) is 1. The fourth-order valence-electron chi connectivity index (χ4n) is 3.05. The molecule has 0 saturated carbocycles. The normalized spacial score (nSPS) is 18.2. The highest BCUT2D eigenvalue weighted by molar-refractivity contribution is 5.40. The molecule has 3 heteroatoms. The lowest BCUT2D eigenvalue weighted by molar-refractivity contribution is 0.624. The molecule has 2 atom stereocenters. The summed E-state index contributed by atoms with van der Waals surface area (Å²) in [6.07, 6.45) is 7.72. The third kappa shape index (κ3) is 4.34. The number of anilines is 1. The van der Waals surface area contributed by atoms with E-state index in [0.29, 0.717) is 5.92 Å². The van der Waals surface area contributed by atoms with Crippen LogP contribution in [0.15, 0.2) is 78.4 Å². The first-order valence-corrected chi connectivity index (χ1v) is 8.46. The van der Waals surface area contributed by atoms with Crippen molar-refractivity contribution in [2.24, 2.45) is 5.73 Å². The number of hydrogen-bond donors (Lipinski definition) is 3. The molecule has 2 aromatic carbocycles. The highest BCUT2D eigenvalue weighted by Gasteiger charge is 2.14. The number of nitrogens with two attached hydrogens (primary N) is 2. The number of allylic oxidation sites excluding steroid dienone is 2. The van der Waals surface area contributed by atoms with Gasteiger partial charge in [0.1, 0.15) is 0 Å². The summed E-state index contributed by atoms with van der Waals surface area (Å²) < 4.78 is 0. The molecule has 0 heterocycles. The van der Waals surface area contributed by atoms with E-state index in [-0.39, 0.29) is 6.04 Å². The SMILES string of the molecule is Nc1cccc(CNCC(N)C2=CCC(c3ccccc3)C=C2)c1. The van der Waals surface area contributed by atoms with Crippen molar-refractivity contribution >= 4 is 5.69 Å². The average molecular weight is 319 g/mol. The summed E-state index contributed by atoms with van der Waals surface area (Å²) in [5, 5.41) is 3.41. The van der Waals surface area contributed by atoms with Gasteiger partial charge in [0.25, 0.3) is 0 Å². The lowest BCUT2D eigenvalue weighted by atomic mass is 9.88. The average Bonchev–Trinajstić information content (AvgIpc) is 2.63. The number of rotatable bonds is 6. The van der Waals surface area contributed by atoms with Crippen molar-refractivity contribution in [3.63, 3.8) is 0 Å². The maximum atomic E-state index is 6.32. The minimum absolute atomic E-state index is 0.0130. The largest absolute Gasteiger partial charge is 0.399 e.